The van der Waals surface area contributed by atoms with Gasteiger partial charge in [0.2, 0.25) is 10.0 Å². The summed E-state index contributed by atoms with van der Waals surface area (Å²) in [5.74, 6) is 1.27. The van der Waals surface area contributed by atoms with Crippen LogP contribution >= 0.6 is 11.8 Å². The summed E-state index contributed by atoms with van der Waals surface area (Å²) >= 11 is 1.72. The average Bonchev–Trinajstić information content (AvgIpc) is 2.87. The second-order valence-corrected chi connectivity index (χ2v) is 7.63. The monoisotopic (exact) mass is 319 g/mol. The van der Waals surface area contributed by atoms with Gasteiger partial charge in [-0.25, -0.2) is 13.1 Å². The van der Waals surface area contributed by atoms with Gasteiger partial charge in [-0.05, 0) is 37.0 Å². The molecule has 0 aliphatic heterocycles. The predicted molar refractivity (Wildman–Crippen MR) is 85.5 cm³/mol. The molecule has 0 spiro atoms. The molecule has 0 saturated heterocycles. The van der Waals surface area contributed by atoms with E-state index >= 15 is 0 Å². The Hall–Kier alpha value is -0.500. The van der Waals surface area contributed by atoms with E-state index in [-0.39, 0.29) is 0 Å². The first-order valence-corrected chi connectivity index (χ1v) is 9.74. The molecule has 1 atom stereocenters. The van der Waals surface area contributed by atoms with Crippen LogP contribution in [0, 0.1) is 5.92 Å². The van der Waals surface area contributed by atoms with Crippen LogP contribution in [-0.4, -0.2) is 38.5 Å². The molecule has 0 fully saturated rings. The van der Waals surface area contributed by atoms with Crippen molar-refractivity contribution in [1.29, 1.82) is 0 Å². The molecule has 116 valence electrons. The van der Waals surface area contributed by atoms with Gasteiger partial charge in [0.1, 0.15) is 0 Å². The van der Waals surface area contributed by atoms with Gasteiger partial charge in [0.15, 0.2) is 0 Å². The molecular formula is C13H25N3O2S2. The number of rotatable bonds is 10. The zero-order valence-corrected chi connectivity index (χ0v) is 14.0. The summed E-state index contributed by atoms with van der Waals surface area (Å²) in [6.07, 6.45) is 4.62. The Morgan fingerprint density at radius 2 is 2.20 bits per heavy atom. The lowest BCUT2D eigenvalue weighted by Crippen LogP contribution is -2.29. The zero-order valence-electron chi connectivity index (χ0n) is 12.4. The fourth-order valence-corrected chi connectivity index (χ4v) is 3.62. The molecular weight excluding hydrogens is 294 g/mol. The second kappa shape index (κ2) is 8.71. The highest BCUT2D eigenvalue weighted by Crippen LogP contribution is 2.11. The summed E-state index contributed by atoms with van der Waals surface area (Å²) in [6.45, 7) is 6.18. The van der Waals surface area contributed by atoms with Gasteiger partial charge >= 0.3 is 0 Å². The molecule has 0 amide bonds. The van der Waals surface area contributed by atoms with Crippen LogP contribution in [0.4, 0.5) is 0 Å². The third-order valence-corrected chi connectivity index (χ3v) is 5.15. The van der Waals surface area contributed by atoms with Gasteiger partial charge in [0.05, 0.1) is 4.90 Å². The van der Waals surface area contributed by atoms with E-state index in [2.05, 4.69) is 21.9 Å². The highest BCUT2D eigenvalue weighted by atomic mass is 32.2. The third kappa shape index (κ3) is 5.87. The minimum Gasteiger partial charge on any atom is -0.363 e. The van der Waals surface area contributed by atoms with Crippen molar-refractivity contribution in [2.45, 2.75) is 31.7 Å². The van der Waals surface area contributed by atoms with E-state index in [1.807, 2.05) is 13.2 Å². The number of hydrogen-bond donors (Lipinski definition) is 3. The van der Waals surface area contributed by atoms with Gasteiger partial charge in [-0.15, -0.1) is 0 Å². The normalized spacial score (nSPS) is 13.6. The molecule has 0 aromatic carbocycles. The molecule has 0 radical (unpaired) electrons. The highest BCUT2D eigenvalue weighted by molar-refractivity contribution is 7.98. The first-order chi connectivity index (χ1) is 9.49. The van der Waals surface area contributed by atoms with Crippen molar-refractivity contribution in [3.8, 4) is 0 Å². The lowest BCUT2D eigenvalue weighted by Gasteiger charge is -2.10. The number of hydrogen-bond acceptors (Lipinski definition) is 4. The molecule has 3 N–H and O–H groups in total. The van der Waals surface area contributed by atoms with Crippen LogP contribution in [0.15, 0.2) is 17.2 Å². The Balaban J connectivity index is 2.54. The van der Waals surface area contributed by atoms with E-state index in [1.54, 1.807) is 24.0 Å². The van der Waals surface area contributed by atoms with Crippen molar-refractivity contribution in [1.82, 2.24) is 15.0 Å². The molecule has 1 heterocycles. The zero-order chi connectivity index (χ0) is 15.0. The molecule has 1 aromatic rings. The summed E-state index contributed by atoms with van der Waals surface area (Å²) in [5, 5.41) is 3.23. The van der Waals surface area contributed by atoms with Crippen molar-refractivity contribution in [3.05, 3.63) is 18.0 Å². The van der Waals surface area contributed by atoms with Crippen LogP contribution in [0.5, 0.6) is 0 Å². The fraction of sp³-hybridized carbons (Fsp3) is 0.692. The van der Waals surface area contributed by atoms with Crippen LogP contribution in [-0.2, 0) is 16.6 Å². The van der Waals surface area contributed by atoms with Crippen molar-refractivity contribution in [3.63, 3.8) is 0 Å². The van der Waals surface area contributed by atoms with Crippen molar-refractivity contribution < 1.29 is 8.42 Å². The molecule has 5 nitrogen and oxygen atoms in total. The molecule has 0 aliphatic carbocycles. The molecule has 1 aromatic heterocycles. The smallest absolute Gasteiger partial charge is 0.242 e. The van der Waals surface area contributed by atoms with Gasteiger partial charge in [-0.3, -0.25) is 0 Å². The molecule has 20 heavy (non-hydrogen) atoms. The van der Waals surface area contributed by atoms with E-state index in [4.69, 9.17) is 0 Å². The van der Waals surface area contributed by atoms with Gasteiger partial charge in [-0.2, -0.15) is 11.8 Å². The Kier molecular flexibility index (Phi) is 7.65. The van der Waals surface area contributed by atoms with E-state index in [9.17, 15) is 8.42 Å². The number of thioether (sulfide) groups is 1. The summed E-state index contributed by atoms with van der Waals surface area (Å²) in [5.41, 5.74) is 0.885. The Morgan fingerprint density at radius 3 is 2.85 bits per heavy atom. The van der Waals surface area contributed by atoms with E-state index < -0.39 is 10.0 Å². The summed E-state index contributed by atoms with van der Waals surface area (Å²) < 4.78 is 26.9. The summed E-state index contributed by atoms with van der Waals surface area (Å²) in [7, 11) is -3.40. The number of nitrogens with one attached hydrogen (secondary N) is 3. The van der Waals surface area contributed by atoms with Gasteiger partial charge in [-0.1, -0.05) is 13.8 Å². The van der Waals surface area contributed by atoms with Crippen molar-refractivity contribution in [2.75, 3.05) is 25.1 Å². The fourth-order valence-electron chi connectivity index (χ4n) is 1.75. The molecule has 0 saturated carbocycles. The first-order valence-electron chi connectivity index (χ1n) is 6.86. The number of H-pyrrole nitrogens is 1. The standard InChI is InChI=1S/C13H25N3O2S2/c1-4-5-14-8-12-6-13(9-15-12)20(17,18)16-7-11(2)10-19-3/h6,9,11,14-16H,4-5,7-8,10H2,1-3H3. The maximum Gasteiger partial charge on any atom is 0.242 e. The van der Waals surface area contributed by atoms with E-state index in [0.717, 1.165) is 24.4 Å². The Labute approximate surface area is 126 Å². The second-order valence-electron chi connectivity index (χ2n) is 4.95. The Morgan fingerprint density at radius 1 is 1.45 bits per heavy atom. The number of sulfonamides is 1. The third-order valence-electron chi connectivity index (χ3n) is 2.84. The molecule has 0 bridgehead atoms. The lowest BCUT2D eigenvalue weighted by atomic mass is 10.2. The van der Waals surface area contributed by atoms with Gasteiger partial charge in [0, 0.05) is 25.0 Å². The minimum atomic E-state index is -3.40. The van der Waals surface area contributed by atoms with Crippen LogP contribution in [0.2, 0.25) is 0 Å². The topological polar surface area (TPSA) is 74.0 Å². The quantitative estimate of drug-likeness (QED) is 0.575. The molecule has 1 rings (SSSR count). The predicted octanol–water partition coefficient (Wildman–Crippen LogP) is 1.79. The SMILES string of the molecule is CCCNCc1cc(S(=O)(=O)NCC(C)CSC)c[nH]1. The highest BCUT2D eigenvalue weighted by Gasteiger charge is 2.16. The minimum absolute atomic E-state index is 0.308. The summed E-state index contributed by atoms with van der Waals surface area (Å²) in [6, 6.07) is 1.68. The number of aromatic nitrogens is 1. The van der Waals surface area contributed by atoms with Gasteiger partial charge < -0.3 is 10.3 Å². The van der Waals surface area contributed by atoms with Crippen LogP contribution < -0.4 is 10.0 Å². The largest absolute Gasteiger partial charge is 0.363 e. The molecule has 0 aliphatic rings. The van der Waals surface area contributed by atoms with Crippen LogP contribution in [0.3, 0.4) is 0 Å². The maximum absolute atomic E-state index is 12.1. The number of aromatic amines is 1. The first kappa shape index (κ1) is 17.6. The maximum atomic E-state index is 12.1. The van der Waals surface area contributed by atoms with Crippen LogP contribution in [0.25, 0.3) is 0 Å². The van der Waals surface area contributed by atoms with Gasteiger partial charge in [0.25, 0.3) is 0 Å². The van der Waals surface area contributed by atoms with Crippen molar-refractivity contribution in [2.24, 2.45) is 5.92 Å². The average molecular weight is 319 g/mol. The van der Waals surface area contributed by atoms with Crippen molar-refractivity contribution >= 4 is 21.8 Å². The molecule has 1 unspecified atom stereocenters. The van der Waals surface area contributed by atoms with Crippen LogP contribution in [0.1, 0.15) is 26.0 Å². The molecule has 7 heteroatoms. The van der Waals surface area contributed by atoms with E-state index in [1.165, 1.54) is 0 Å². The van der Waals surface area contributed by atoms with E-state index in [0.29, 0.717) is 23.9 Å². The Bertz CT molecular complexity index is 486. The lowest BCUT2D eigenvalue weighted by molar-refractivity contribution is 0.563. The summed E-state index contributed by atoms with van der Waals surface area (Å²) in [4.78, 5) is 3.31.